The molecule has 6 N–H and O–H groups in total. The van der Waals surface area contributed by atoms with E-state index in [1.807, 2.05) is 18.2 Å². The molecule has 2 saturated heterocycles. The normalized spacial score (nSPS) is 16.4. The van der Waals surface area contributed by atoms with Crippen molar-refractivity contribution in [3.8, 4) is 0 Å². The van der Waals surface area contributed by atoms with Gasteiger partial charge in [0.05, 0.1) is 11.3 Å². The number of benzene rings is 2. The molecule has 0 spiro atoms. The van der Waals surface area contributed by atoms with Gasteiger partial charge < -0.3 is 25.6 Å². The van der Waals surface area contributed by atoms with Crippen LogP contribution in [0.3, 0.4) is 0 Å². The maximum Gasteiger partial charge on any atom is 0.341 e. The van der Waals surface area contributed by atoms with Crippen LogP contribution >= 0.6 is 0 Å². The zero-order valence-electron chi connectivity index (χ0n) is 23.1. The van der Waals surface area contributed by atoms with Gasteiger partial charge in [-0.3, -0.25) is 5.41 Å². The van der Waals surface area contributed by atoms with Crippen molar-refractivity contribution < 1.29 is 23.7 Å². The van der Waals surface area contributed by atoms with E-state index in [0.717, 1.165) is 56.5 Å². The fraction of sp³-hybridized carbons (Fsp3) is 0.367. The van der Waals surface area contributed by atoms with Crippen molar-refractivity contribution in [2.45, 2.75) is 25.3 Å². The van der Waals surface area contributed by atoms with Crippen LogP contribution in [0.5, 0.6) is 0 Å². The van der Waals surface area contributed by atoms with Crippen LogP contribution in [0.1, 0.15) is 40.0 Å². The maximum atomic E-state index is 13.6. The predicted molar refractivity (Wildman–Crippen MR) is 155 cm³/mol. The number of amides is 1. The van der Waals surface area contributed by atoms with Gasteiger partial charge in [0.25, 0.3) is 5.84 Å². The highest BCUT2D eigenvalue weighted by Crippen LogP contribution is 2.27. The first-order valence-corrected chi connectivity index (χ1v) is 13.8. The molecule has 5 rings (SSSR count). The number of aromatic nitrogens is 1. The van der Waals surface area contributed by atoms with E-state index in [4.69, 9.17) is 15.9 Å². The predicted octanol–water partition coefficient (Wildman–Crippen LogP) is 1.81. The van der Waals surface area contributed by atoms with E-state index < -0.39 is 11.6 Å². The van der Waals surface area contributed by atoms with Crippen molar-refractivity contribution in [3.63, 3.8) is 0 Å². The number of nitrogens with one attached hydrogen (secondary N) is 2. The van der Waals surface area contributed by atoms with Crippen LogP contribution in [-0.2, 0) is 11.2 Å². The molecular weight excluding hydrogens is 528 g/mol. The van der Waals surface area contributed by atoms with Crippen LogP contribution in [0.4, 0.5) is 26.0 Å². The van der Waals surface area contributed by atoms with E-state index in [0.29, 0.717) is 35.6 Å². The summed E-state index contributed by atoms with van der Waals surface area (Å²) in [5.41, 5.74) is 9.74. The molecule has 0 saturated carbocycles. The number of hydrogen-bond donors (Lipinski definition) is 4. The minimum absolute atomic E-state index is 0.0588. The van der Waals surface area contributed by atoms with Gasteiger partial charge in [-0.25, -0.2) is 23.9 Å². The molecule has 0 bridgehead atoms. The number of hydrogen-bond acceptors (Lipinski definition) is 7. The molecule has 11 heteroatoms. The van der Waals surface area contributed by atoms with Crippen molar-refractivity contribution in [2.75, 3.05) is 62.4 Å². The molecule has 41 heavy (non-hydrogen) atoms. The molecular formula is C30H36F2N7O2+. The first-order valence-electron chi connectivity index (χ1n) is 13.8. The average Bonchev–Trinajstić information content (AvgIpc) is 2.93. The summed E-state index contributed by atoms with van der Waals surface area (Å²) in [5.74, 6) is -1.54. The number of carbonyl (C=O) groups excluding carboxylic acids is 1. The Hall–Kier alpha value is -4.09. The number of nitrogens with zero attached hydrogens (tertiary/aromatic N) is 3. The number of nitrogens with two attached hydrogens (primary N) is 2. The Morgan fingerprint density at radius 1 is 1.02 bits per heavy atom. The number of rotatable bonds is 7. The number of carbonyl (C=O) groups is 1. The van der Waals surface area contributed by atoms with Crippen molar-refractivity contribution in [3.05, 3.63) is 82.5 Å². The van der Waals surface area contributed by atoms with Gasteiger partial charge in [-0.15, -0.1) is 0 Å². The minimum Gasteiger partial charge on any atom is -0.383 e. The van der Waals surface area contributed by atoms with Crippen LogP contribution in [0, 0.1) is 11.6 Å². The second-order valence-electron chi connectivity index (χ2n) is 10.6. The van der Waals surface area contributed by atoms with Gasteiger partial charge >= 0.3 is 5.91 Å². The Morgan fingerprint density at radius 2 is 1.71 bits per heavy atom. The summed E-state index contributed by atoms with van der Waals surface area (Å²) >= 11 is 0. The van der Waals surface area contributed by atoms with E-state index in [1.54, 1.807) is 12.1 Å². The lowest BCUT2D eigenvalue weighted by molar-refractivity contribution is -0.116. The largest absolute Gasteiger partial charge is 0.383 e. The summed E-state index contributed by atoms with van der Waals surface area (Å²) in [6, 6.07) is 12.6. The zero-order valence-corrected chi connectivity index (χ0v) is 23.1. The summed E-state index contributed by atoms with van der Waals surface area (Å²) in [4.78, 5) is 22.4. The molecule has 1 aromatic heterocycles. The smallest absolute Gasteiger partial charge is 0.341 e. The summed E-state index contributed by atoms with van der Waals surface area (Å²) in [6.07, 6.45) is 1.89. The van der Waals surface area contributed by atoms with Gasteiger partial charge in [0, 0.05) is 69.3 Å². The highest BCUT2D eigenvalue weighted by atomic mass is 19.1. The number of amidine groups is 1. The van der Waals surface area contributed by atoms with Crippen molar-refractivity contribution in [1.82, 2.24) is 15.2 Å². The highest BCUT2D eigenvalue weighted by Gasteiger charge is 2.25. The molecule has 0 radical (unpaired) electrons. The second-order valence-corrected chi connectivity index (χ2v) is 10.6. The third-order valence-corrected chi connectivity index (χ3v) is 7.53. The third-order valence-electron chi connectivity index (χ3n) is 7.53. The Kier molecular flexibility index (Phi) is 8.75. The summed E-state index contributed by atoms with van der Waals surface area (Å²) in [6.45, 7) is 5.13. The van der Waals surface area contributed by atoms with E-state index in [2.05, 4.69) is 32.5 Å². The van der Waals surface area contributed by atoms with E-state index >= 15 is 0 Å². The summed E-state index contributed by atoms with van der Waals surface area (Å²) in [5, 5.41) is 12.6. The van der Waals surface area contributed by atoms with Crippen molar-refractivity contribution in [2.24, 2.45) is 0 Å². The lowest BCUT2D eigenvalue weighted by Crippen LogP contribution is -2.52. The van der Waals surface area contributed by atoms with E-state index in [9.17, 15) is 13.6 Å². The number of pyridine rings is 1. The van der Waals surface area contributed by atoms with Gasteiger partial charge in [0.2, 0.25) is 0 Å². The monoisotopic (exact) mass is 564 g/mol. The molecule has 216 valence electrons. The van der Waals surface area contributed by atoms with Gasteiger partial charge in [-0.2, -0.15) is 0 Å². The lowest BCUT2D eigenvalue weighted by atomic mass is 10.1. The molecule has 3 heterocycles. The van der Waals surface area contributed by atoms with Gasteiger partial charge in [0.15, 0.2) is 0 Å². The molecule has 0 atom stereocenters. The molecule has 2 aliphatic rings. The fourth-order valence-electron chi connectivity index (χ4n) is 5.20. The number of ether oxygens (including phenoxy) is 1. The third kappa shape index (κ3) is 7.17. The Balaban J connectivity index is 1.32. The molecule has 0 unspecified atom stereocenters. The lowest BCUT2D eigenvalue weighted by Gasteiger charge is -2.34. The quantitative estimate of drug-likeness (QED) is 0.255. The fourth-order valence-corrected chi connectivity index (χ4v) is 5.20. The number of anilines is 3. The van der Waals surface area contributed by atoms with Gasteiger partial charge in [-0.05, 0) is 67.9 Å². The number of piperazine rings is 1. The second kappa shape index (κ2) is 12.6. The topological polar surface area (TPSA) is 121 Å². The molecule has 3 aromatic rings. The van der Waals surface area contributed by atoms with Gasteiger partial charge in [-0.1, -0.05) is 0 Å². The average molecular weight is 565 g/mol. The van der Waals surface area contributed by atoms with E-state index in [-0.39, 0.29) is 30.0 Å². The number of nitrogen functional groups attached to an aromatic ring is 1. The van der Waals surface area contributed by atoms with Crippen molar-refractivity contribution in [1.29, 1.82) is 0 Å². The van der Waals surface area contributed by atoms with Crippen molar-refractivity contribution >= 4 is 28.9 Å². The molecule has 2 aromatic carbocycles. The first-order chi connectivity index (χ1) is 19.7. The first kappa shape index (κ1) is 28.4. The molecule has 2 fully saturated rings. The van der Waals surface area contributed by atoms with Crippen LogP contribution in [-0.4, -0.2) is 74.1 Å². The maximum absolute atomic E-state index is 13.6. The Labute approximate surface area is 238 Å². The van der Waals surface area contributed by atoms with Crippen LogP contribution in [0.25, 0.3) is 0 Å². The van der Waals surface area contributed by atoms with Crippen LogP contribution in [0.2, 0.25) is 0 Å². The Bertz CT molecular complexity index is 1400. The summed E-state index contributed by atoms with van der Waals surface area (Å²) < 4.78 is 32.7. The SMILES string of the molecule is CN1CCN(c2ccc(C(=O)NC(=[NH2+])c3ccc(Cc4cc(F)cc(F)c4)nc3N)c(NC3CCOCC3)c2)CC1. The molecule has 0 aliphatic carbocycles. The number of likely N-dealkylation sites (N-methyl/N-ethyl adjacent to an activating group) is 1. The van der Waals surface area contributed by atoms with E-state index in [1.165, 1.54) is 12.1 Å². The summed E-state index contributed by atoms with van der Waals surface area (Å²) in [7, 11) is 2.12. The molecule has 2 aliphatic heterocycles. The van der Waals surface area contributed by atoms with Gasteiger partial charge in [0.1, 0.15) is 23.0 Å². The standard InChI is InChI=1S/C30H35F2N7O2/c1-38-8-10-39(11-9-38)24-3-5-25(27(18-24)35-22-6-12-41-13-7-22)30(40)37-29(34)26-4-2-23(36-28(26)33)16-19-14-20(31)17-21(32)15-19/h2-5,14-15,17-18,22,35H,6-13,16H2,1H3,(H2,33,36)(H2,34,37,40)/p+1. The zero-order chi connectivity index (χ0) is 28.9. The van der Waals surface area contributed by atoms with Crippen LogP contribution < -0.4 is 26.7 Å². The molecule has 9 nitrogen and oxygen atoms in total. The molecule has 1 amide bonds. The highest BCUT2D eigenvalue weighted by molar-refractivity contribution is 6.13. The Morgan fingerprint density at radius 3 is 2.39 bits per heavy atom. The van der Waals surface area contributed by atoms with Crippen LogP contribution in [0.15, 0.2) is 48.5 Å². The number of halogens is 2. The minimum atomic E-state index is -0.660.